The van der Waals surface area contributed by atoms with Crippen LogP contribution in [0.1, 0.15) is 29.8 Å². The van der Waals surface area contributed by atoms with Crippen molar-refractivity contribution in [2.24, 2.45) is 0 Å². The van der Waals surface area contributed by atoms with Crippen LogP contribution in [0.2, 0.25) is 0 Å². The van der Waals surface area contributed by atoms with Crippen molar-refractivity contribution >= 4 is 16.9 Å². The molecule has 0 atom stereocenters. The van der Waals surface area contributed by atoms with Crippen LogP contribution in [0.25, 0.3) is 11.0 Å². The van der Waals surface area contributed by atoms with Crippen molar-refractivity contribution in [1.29, 1.82) is 0 Å². The van der Waals surface area contributed by atoms with Gasteiger partial charge in [-0.25, -0.2) is 4.79 Å². The summed E-state index contributed by atoms with van der Waals surface area (Å²) >= 11 is 0. The number of hydrogen-bond acceptors (Lipinski definition) is 3. The average molecular weight is 321 g/mol. The molecule has 0 aliphatic rings. The van der Waals surface area contributed by atoms with E-state index in [-0.39, 0.29) is 17.5 Å². The fourth-order valence-electron chi connectivity index (χ4n) is 2.63. The normalized spacial score (nSPS) is 11.0. The van der Waals surface area contributed by atoms with E-state index in [0.717, 1.165) is 10.9 Å². The standard InChI is InChI=1S/C20H19NO3/c1-14(2)21(13-15-8-4-3-5-9-15)19(22)17-12-16-10-6-7-11-18(16)24-20(17)23/h3-12,14H,13H2,1-2H3. The van der Waals surface area contributed by atoms with Crippen molar-refractivity contribution in [3.8, 4) is 0 Å². The zero-order valence-electron chi connectivity index (χ0n) is 13.7. The van der Waals surface area contributed by atoms with Gasteiger partial charge in [-0.1, -0.05) is 48.5 Å². The summed E-state index contributed by atoms with van der Waals surface area (Å²) in [6.45, 7) is 4.32. The minimum Gasteiger partial charge on any atom is -0.422 e. The van der Waals surface area contributed by atoms with Crippen molar-refractivity contribution in [1.82, 2.24) is 4.90 Å². The first kappa shape index (κ1) is 16.0. The van der Waals surface area contributed by atoms with Crippen molar-refractivity contribution < 1.29 is 9.21 Å². The number of benzene rings is 2. The Labute approximate surface area is 140 Å². The second-order valence-electron chi connectivity index (χ2n) is 6.00. The molecule has 0 saturated carbocycles. The second-order valence-corrected chi connectivity index (χ2v) is 6.00. The van der Waals surface area contributed by atoms with Gasteiger partial charge in [0.1, 0.15) is 11.1 Å². The first-order chi connectivity index (χ1) is 11.6. The lowest BCUT2D eigenvalue weighted by Crippen LogP contribution is -2.38. The van der Waals surface area contributed by atoms with Gasteiger partial charge in [-0.2, -0.15) is 0 Å². The van der Waals surface area contributed by atoms with E-state index >= 15 is 0 Å². The predicted octanol–water partition coefficient (Wildman–Crippen LogP) is 3.84. The third-order valence-electron chi connectivity index (χ3n) is 3.95. The van der Waals surface area contributed by atoms with Gasteiger partial charge in [-0.05, 0) is 31.5 Å². The Kier molecular flexibility index (Phi) is 4.47. The van der Waals surface area contributed by atoms with Crippen LogP contribution in [0, 0.1) is 0 Å². The molecule has 3 aromatic rings. The average Bonchev–Trinajstić information content (AvgIpc) is 2.59. The van der Waals surface area contributed by atoms with Gasteiger partial charge >= 0.3 is 5.63 Å². The van der Waals surface area contributed by atoms with Gasteiger partial charge in [-0.3, -0.25) is 4.79 Å². The zero-order chi connectivity index (χ0) is 17.1. The summed E-state index contributed by atoms with van der Waals surface area (Å²) in [4.78, 5) is 26.8. The van der Waals surface area contributed by atoms with Crippen LogP contribution < -0.4 is 5.63 Å². The summed E-state index contributed by atoms with van der Waals surface area (Å²) in [6.07, 6.45) is 0. The Hall–Kier alpha value is -2.88. The topological polar surface area (TPSA) is 50.5 Å². The summed E-state index contributed by atoms with van der Waals surface area (Å²) < 4.78 is 5.29. The third-order valence-corrected chi connectivity index (χ3v) is 3.95. The molecular formula is C20H19NO3. The number of rotatable bonds is 4. The van der Waals surface area contributed by atoms with Crippen molar-refractivity contribution in [2.45, 2.75) is 26.4 Å². The highest BCUT2D eigenvalue weighted by molar-refractivity contribution is 5.96. The highest BCUT2D eigenvalue weighted by Crippen LogP contribution is 2.16. The summed E-state index contributed by atoms with van der Waals surface area (Å²) in [7, 11) is 0. The zero-order valence-corrected chi connectivity index (χ0v) is 13.7. The molecule has 0 aliphatic heterocycles. The number of carbonyl (C=O) groups excluding carboxylic acids is 1. The molecule has 1 aromatic heterocycles. The molecule has 0 spiro atoms. The molecule has 1 heterocycles. The minimum absolute atomic E-state index is 0.0384. The number of amides is 1. The monoisotopic (exact) mass is 321 g/mol. The lowest BCUT2D eigenvalue weighted by Gasteiger charge is -2.26. The quantitative estimate of drug-likeness (QED) is 0.686. The Morgan fingerprint density at radius 1 is 1.04 bits per heavy atom. The number of para-hydroxylation sites is 1. The van der Waals surface area contributed by atoms with Crippen LogP contribution in [-0.2, 0) is 6.54 Å². The molecule has 0 bridgehead atoms. The molecular weight excluding hydrogens is 302 g/mol. The minimum atomic E-state index is -0.600. The Morgan fingerprint density at radius 3 is 2.42 bits per heavy atom. The molecule has 4 heteroatoms. The largest absolute Gasteiger partial charge is 0.422 e. The third kappa shape index (κ3) is 3.23. The molecule has 0 fully saturated rings. The highest BCUT2D eigenvalue weighted by atomic mass is 16.4. The summed E-state index contributed by atoms with van der Waals surface area (Å²) in [6, 6.07) is 18.5. The molecule has 24 heavy (non-hydrogen) atoms. The number of nitrogens with zero attached hydrogens (tertiary/aromatic N) is 1. The maximum atomic E-state index is 12.9. The first-order valence-corrected chi connectivity index (χ1v) is 7.94. The lowest BCUT2D eigenvalue weighted by molar-refractivity contribution is 0.0686. The number of fused-ring (bicyclic) bond motifs is 1. The first-order valence-electron chi connectivity index (χ1n) is 7.94. The molecule has 0 saturated heterocycles. The Morgan fingerprint density at radius 2 is 1.71 bits per heavy atom. The van der Waals surface area contributed by atoms with E-state index in [1.165, 1.54) is 0 Å². The van der Waals surface area contributed by atoms with E-state index in [0.29, 0.717) is 12.1 Å². The smallest absolute Gasteiger partial charge is 0.349 e. The van der Waals surface area contributed by atoms with Crippen molar-refractivity contribution in [3.63, 3.8) is 0 Å². The van der Waals surface area contributed by atoms with Crippen molar-refractivity contribution in [3.05, 3.63) is 82.2 Å². The van der Waals surface area contributed by atoms with Gasteiger partial charge in [-0.15, -0.1) is 0 Å². The summed E-state index contributed by atoms with van der Waals surface area (Å²) in [5.74, 6) is -0.312. The summed E-state index contributed by atoms with van der Waals surface area (Å²) in [5, 5.41) is 0.740. The van der Waals surface area contributed by atoms with Gasteiger partial charge < -0.3 is 9.32 Å². The molecule has 0 unspecified atom stereocenters. The van der Waals surface area contributed by atoms with E-state index in [2.05, 4.69) is 0 Å². The van der Waals surface area contributed by atoms with Crippen LogP contribution in [-0.4, -0.2) is 16.8 Å². The van der Waals surface area contributed by atoms with Crippen LogP contribution in [0.15, 0.2) is 69.9 Å². The number of hydrogen-bond donors (Lipinski definition) is 0. The molecule has 0 radical (unpaired) electrons. The summed E-state index contributed by atoms with van der Waals surface area (Å²) in [5.41, 5.74) is 0.971. The van der Waals surface area contributed by atoms with Gasteiger partial charge in [0.15, 0.2) is 0 Å². The Bertz CT molecular complexity index is 913. The fourth-order valence-corrected chi connectivity index (χ4v) is 2.63. The highest BCUT2D eigenvalue weighted by Gasteiger charge is 2.23. The Balaban J connectivity index is 1.98. The maximum absolute atomic E-state index is 12.9. The molecule has 0 N–H and O–H groups in total. The SMILES string of the molecule is CC(C)N(Cc1ccccc1)C(=O)c1cc2ccccc2oc1=O. The van der Waals surface area contributed by atoms with Gasteiger partial charge in [0.25, 0.3) is 5.91 Å². The predicted molar refractivity (Wildman–Crippen MR) is 93.9 cm³/mol. The van der Waals surface area contributed by atoms with Crippen molar-refractivity contribution in [2.75, 3.05) is 0 Å². The van der Waals surface area contributed by atoms with E-state index in [9.17, 15) is 9.59 Å². The fraction of sp³-hybridized carbons (Fsp3) is 0.200. The second kappa shape index (κ2) is 6.71. The van der Waals surface area contributed by atoms with Gasteiger partial charge in [0.2, 0.25) is 0 Å². The van der Waals surface area contributed by atoms with Crippen LogP contribution in [0.4, 0.5) is 0 Å². The van der Waals surface area contributed by atoms with E-state index in [1.54, 1.807) is 23.1 Å². The molecule has 4 nitrogen and oxygen atoms in total. The van der Waals surface area contributed by atoms with Crippen LogP contribution in [0.3, 0.4) is 0 Å². The van der Waals surface area contributed by atoms with E-state index in [4.69, 9.17) is 4.42 Å². The van der Waals surface area contributed by atoms with Crippen LogP contribution in [0.5, 0.6) is 0 Å². The van der Waals surface area contributed by atoms with Gasteiger partial charge in [0.05, 0.1) is 0 Å². The van der Waals surface area contributed by atoms with E-state index in [1.807, 2.05) is 56.3 Å². The van der Waals surface area contributed by atoms with Crippen LogP contribution >= 0.6 is 0 Å². The molecule has 122 valence electrons. The maximum Gasteiger partial charge on any atom is 0.349 e. The molecule has 2 aromatic carbocycles. The molecule has 1 amide bonds. The molecule has 0 aliphatic carbocycles. The van der Waals surface area contributed by atoms with E-state index < -0.39 is 5.63 Å². The lowest BCUT2D eigenvalue weighted by atomic mass is 10.1. The molecule has 3 rings (SSSR count). The van der Waals surface area contributed by atoms with Gasteiger partial charge in [0, 0.05) is 18.0 Å². The number of carbonyl (C=O) groups is 1.